The van der Waals surface area contributed by atoms with Crippen LogP contribution in [0.3, 0.4) is 0 Å². The van der Waals surface area contributed by atoms with Crippen LogP contribution in [0.1, 0.15) is 23.7 Å². The molecule has 1 N–H and O–H groups in total. The maximum Gasteiger partial charge on any atom is 0.308 e. The van der Waals surface area contributed by atoms with Gasteiger partial charge in [-0.05, 0) is 37.4 Å². The predicted molar refractivity (Wildman–Crippen MR) is 84.7 cm³/mol. The molecule has 0 aromatic heterocycles. The molecule has 7 heteroatoms. The minimum absolute atomic E-state index is 0.00743. The maximum atomic E-state index is 13.0. The normalized spacial score (nSPS) is 17.8. The molecule has 0 saturated heterocycles. The molecule has 1 amide bonds. The van der Waals surface area contributed by atoms with Crippen molar-refractivity contribution in [2.45, 2.75) is 18.7 Å². The number of likely N-dealkylation sites (N-methyl/N-ethyl adjacent to an activating group) is 1. The number of hydrogen-bond donors (Lipinski definition) is 1. The number of ketones is 1. The Morgan fingerprint density at radius 3 is 2.39 bits per heavy atom. The summed E-state index contributed by atoms with van der Waals surface area (Å²) in [7, 11) is 0. The van der Waals surface area contributed by atoms with E-state index >= 15 is 0 Å². The number of carboxylic acid groups (broad SMARTS) is 1. The van der Waals surface area contributed by atoms with Gasteiger partial charge in [0.2, 0.25) is 0 Å². The fourth-order valence-electron chi connectivity index (χ4n) is 2.58. The van der Waals surface area contributed by atoms with Gasteiger partial charge >= 0.3 is 5.97 Å². The van der Waals surface area contributed by atoms with Crippen LogP contribution in [0.4, 0.5) is 4.39 Å². The molecule has 1 aliphatic rings. The number of carboxylic acids is 1. The zero-order valence-corrected chi connectivity index (χ0v) is 13.5. The molecule has 1 aromatic carbocycles. The fraction of sp³-hybridized carbons (Fsp3) is 0.312. The standard InChI is InChI=1S/C16H16FNO4S/c1-3-18-15(22)11(8-12(19)20)13(16(18)23-2)14(21)9-4-6-10(17)7-5-9/h4-7,16H,3,8H2,1-2H3,(H,19,20)/t16-/m1/s1. The molecule has 23 heavy (non-hydrogen) atoms. The van der Waals surface area contributed by atoms with Crippen LogP contribution in [0.2, 0.25) is 0 Å². The predicted octanol–water partition coefficient (Wildman–Crippen LogP) is 2.33. The van der Waals surface area contributed by atoms with Crippen molar-refractivity contribution < 1.29 is 23.9 Å². The molecule has 1 aliphatic heterocycles. The number of benzene rings is 1. The van der Waals surface area contributed by atoms with Crippen molar-refractivity contribution in [3.63, 3.8) is 0 Å². The highest BCUT2D eigenvalue weighted by atomic mass is 32.2. The van der Waals surface area contributed by atoms with Crippen molar-refractivity contribution in [1.29, 1.82) is 0 Å². The van der Waals surface area contributed by atoms with E-state index in [1.807, 2.05) is 0 Å². The molecule has 0 aliphatic carbocycles. The van der Waals surface area contributed by atoms with Gasteiger partial charge in [-0.25, -0.2) is 4.39 Å². The van der Waals surface area contributed by atoms with Crippen molar-refractivity contribution in [1.82, 2.24) is 4.90 Å². The number of carbonyl (C=O) groups is 3. The minimum atomic E-state index is -1.17. The highest BCUT2D eigenvalue weighted by molar-refractivity contribution is 7.99. The van der Waals surface area contributed by atoms with Crippen LogP contribution in [-0.4, -0.2) is 45.8 Å². The Hall–Kier alpha value is -2.15. The van der Waals surface area contributed by atoms with E-state index in [1.165, 1.54) is 28.8 Å². The molecule has 0 bridgehead atoms. The maximum absolute atomic E-state index is 13.0. The summed E-state index contributed by atoms with van der Waals surface area (Å²) in [6, 6.07) is 4.99. The SMILES string of the molecule is CCN1C(=O)C(CC(=O)O)=C(C(=O)c2ccc(F)cc2)[C@H]1SC. The third kappa shape index (κ3) is 3.29. The van der Waals surface area contributed by atoms with Crippen molar-refractivity contribution >= 4 is 29.4 Å². The van der Waals surface area contributed by atoms with Gasteiger partial charge in [0.15, 0.2) is 5.78 Å². The van der Waals surface area contributed by atoms with E-state index in [4.69, 9.17) is 5.11 Å². The second-order valence-corrected chi connectivity index (χ2v) is 5.90. The lowest BCUT2D eigenvalue weighted by atomic mass is 9.98. The van der Waals surface area contributed by atoms with Crippen LogP contribution in [0.15, 0.2) is 35.4 Å². The number of thioether (sulfide) groups is 1. The molecule has 2 rings (SSSR count). The molecule has 0 unspecified atom stereocenters. The summed E-state index contributed by atoms with van der Waals surface area (Å²) in [4.78, 5) is 37.7. The van der Waals surface area contributed by atoms with Crippen LogP contribution >= 0.6 is 11.8 Å². The lowest BCUT2D eigenvalue weighted by Crippen LogP contribution is -2.34. The van der Waals surface area contributed by atoms with E-state index in [-0.39, 0.29) is 16.7 Å². The molecule has 122 valence electrons. The van der Waals surface area contributed by atoms with Crippen molar-refractivity contribution in [2.75, 3.05) is 12.8 Å². The number of nitrogens with zero attached hydrogens (tertiary/aromatic N) is 1. The van der Waals surface area contributed by atoms with E-state index in [9.17, 15) is 18.8 Å². The van der Waals surface area contributed by atoms with Crippen LogP contribution in [0.25, 0.3) is 0 Å². The first kappa shape index (κ1) is 17.2. The Morgan fingerprint density at radius 2 is 1.91 bits per heavy atom. The average molecular weight is 337 g/mol. The van der Waals surface area contributed by atoms with E-state index in [2.05, 4.69) is 0 Å². The Kier molecular flexibility index (Phi) is 5.20. The summed E-state index contributed by atoms with van der Waals surface area (Å²) >= 11 is 1.29. The zero-order chi connectivity index (χ0) is 17.1. The second kappa shape index (κ2) is 6.95. The molecule has 1 heterocycles. The Morgan fingerprint density at radius 1 is 1.30 bits per heavy atom. The molecule has 1 atom stereocenters. The van der Waals surface area contributed by atoms with Gasteiger partial charge in [0, 0.05) is 23.3 Å². The van der Waals surface area contributed by atoms with Crippen molar-refractivity contribution in [3.05, 3.63) is 46.8 Å². The Labute approximate surface area is 137 Å². The summed E-state index contributed by atoms with van der Waals surface area (Å²) in [5.41, 5.74) is 0.417. The van der Waals surface area contributed by atoms with Crippen LogP contribution in [-0.2, 0) is 9.59 Å². The molecule has 0 saturated carbocycles. The fourth-order valence-corrected chi connectivity index (χ4v) is 3.57. The lowest BCUT2D eigenvalue weighted by molar-refractivity contribution is -0.137. The Balaban J connectivity index is 2.52. The third-order valence-electron chi connectivity index (χ3n) is 3.62. The number of aliphatic carboxylic acids is 1. The topological polar surface area (TPSA) is 74.7 Å². The number of halogens is 1. The number of rotatable bonds is 6. The van der Waals surface area contributed by atoms with Crippen LogP contribution < -0.4 is 0 Å². The first-order valence-electron chi connectivity index (χ1n) is 6.99. The zero-order valence-electron chi connectivity index (χ0n) is 12.7. The summed E-state index contributed by atoms with van der Waals surface area (Å²) in [6.45, 7) is 2.14. The van der Waals surface area contributed by atoms with Crippen LogP contribution in [0.5, 0.6) is 0 Å². The van der Waals surface area contributed by atoms with Crippen molar-refractivity contribution in [3.8, 4) is 0 Å². The summed E-state index contributed by atoms with van der Waals surface area (Å²) in [5.74, 6) is -2.51. The lowest BCUT2D eigenvalue weighted by Gasteiger charge is -2.23. The molecular formula is C16H16FNO4S. The minimum Gasteiger partial charge on any atom is -0.481 e. The summed E-state index contributed by atoms with van der Waals surface area (Å²) in [5, 5.41) is 8.52. The number of carbonyl (C=O) groups excluding carboxylic acids is 2. The molecular weight excluding hydrogens is 321 g/mol. The summed E-state index contributed by atoms with van der Waals surface area (Å²) in [6.07, 6.45) is 1.25. The van der Waals surface area contributed by atoms with Gasteiger partial charge in [-0.15, -0.1) is 11.8 Å². The number of Topliss-reactive ketones (excluding diaryl/α,β-unsaturated/α-hetero) is 1. The number of hydrogen-bond acceptors (Lipinski definition) is 4. The van der Waals surface area contributed by atoms with Gasteiger partial charge in [-0.2, -0.15) is 0 Å². The van der Waals surface area contributed by atoms with Gasteiger partial charge in [-0.3, -0.25) is 14.4 Å². The van der Waals surface area contributed by atoms with Crippen molar-refractivity contribution in [2.24, 2.45) is 0 Å². The number of amides is 1. The molecule has 0 spiro atoms. The molecule has 0 fully saturated rings. The smallest absolute Gasteiger partial charge is 0.308 e. The highest BCUT2D eigenvalue weighted by Gasteiger charge is 2.41. The van der Waals surface area contributed by atoms with Gasteiger partial charge in [0.1, 0.15) is 11.2 Å². The van der Waals surface area contributed by atoms with Gasteiger partial charge in [0.25, 0.3) is 5.91 Å². The second-order valence-electron chi connectivity index (χ2n) is 4.98. The largest absolute Gasteiger partial charge is 0.481 e. The van der Waals surface area contributed by atoms with Gasteiger partial charge < -0.3 is 10.0 Å². The van der Waals surface area contributed by atoms with E-state index in [1.54, 1.807) is 13.2 Å². The first-order chi connectivity index (χ1) is 10.9. The highest BCUT2D eigenvalue weighted by Crippen LogP contribution is 2.35. The van der Waals surface area contributed by atoms with E-state index < -0.39 is 35.3 Å². The van der Waals surface area contributed by atoms with E-state index in [0.29, 0.717) is 6.54 Å². The van der Waals surface area contributed by atoms with Gasteiger partial charge in [-0.1, -0.05) is 0 Å². The molecule has 1 aromatic rings. The average Bonchev–Trinajstić information content (AvgIpc) is 2.78. The first-order valence-corrected chi connectivity index (χ1v) is 8.28. The molecule has 5 nitrogen and oxygen atoms in total. The van der Waals surface area contributed by atoms with E-state index in [0.717, 1.165) is 12.1 Å². The molecule has 0 radical (unpaired) electrons. The van der Waals surface area contributed by atoms with Gasteiger partial charge in [0.05, 0.1) is 6.42 Å². The Bertz CT molecular complexity index is 684. The quantitative estimate of drug-likeness (QED) is 0.807. The third-order valence-corrected chi connectivity index (χ3v) is 4.55. The van der Waals surface area contributed by atoms with Crippen LogP contribution in [0, 0.1) is 5.82 Å². The monoisotopic (exact) mass is 337 g/mol. The summed E-state index contributed by atoms with van der Waals surface area (Å²) < 4.78 is 13.0.